The normalized spacial score (nSPS) is 10.4. The second-order valence-corrected chi connectivity index (χ2v) is 9.25. The van der Waals surface area contributed by atoms with Crippen LogP contribution >= 0.6 is 35.3 Å². The molecule has 0 saturated heterocycles. The molecular formula is C23H24N4O3S3. The minimum absolute atomic E-state index is 0.0926. The number of amides is 1. The molecule has 10 heteroatoms. The van der Waals surface area contributed by atoms with E-state index in [-0.39, 0.29) is 24.1 Å². The second kappa shape index (κ2) is 12.3. The van der Waals surface area contributed by atoms with Crippen LogP contribution in [0.15, 0.2) is 58.8 Å². The van der Waals surface area contributed by atoms with Gasteiger partial charge in [-0.3, -0.25) is 9.59 Å². The Morgan fingerprint density at radius 3 is 2.61 bits per heavy atom. The van der Waals surface area contributed by atoms with E-state index in [4.69, 9.17) is 17.0 Å². The van der Waals surface area contributed by atoms with Crippen LogP contribution < -0.4 is 16.0 Å². The van der Waals surface area contributed by atoms with E-state index in [0.717, 1.165) is 16.3 Å². The van der Waals surface area contributed by atoms with Gasteiger partial charge in [-0.05, 0) is 56.4 Å². The molecule has 1 amide bonds. The first-order chi connectivity index (χ1) is 15.9. The largest absolute Gasteiger partial charge is 0.466 e. The number of nitrogens with zero attached hydrogens (tertiary/aromatic N) is 1. The fourth-order valence-corrected chi connectivity index (χ4v) is 4.42. The zero-order chi connectivity index (χ0) is 23.6. The van der Waals surface area contributed by atoms with Crippen molar-refractivity contribution in [2.45, 2.75) is 25.2 Å². The van der Waals surface area contributed by atoms with Crippen LogP contribution in [-0.2, 0) is 20.7 Å². The number of carbonyl (C=O) groups is 2. The summed E-state index contributed by atoms with van der Waals surface area (Å²) in [4.78, 5) is 29.0. The van der Waals surface area contributed by atoms with Crippen molar-refractivity contribution in [3.63, 3.8) is 0 Å². The van der Waals surface area contributed by atoms with Crippen LogP contribution in [0.4, 0.5) is 16.5 Å². The van der Waals surface area contributed by atoms with Crippen LogP contribution in [0.25, 0.3) is 0 Å². The molecule has 3 N–H and O–H groups in total. The minimum atomic E-state index is -0.335. The lowest BCUT2D eigenvalue weighted by molar-refractivity contribution is -0.142. The molecule has 2 aromatic carbocycles. The molecule has 33 heavy (non-hydrogen) atoms. The van der Waals surface area contributed by atoms with Gasteiger partial charge in [-0.1, -0.05) is 23.8 Å². The Hall–Kier alpha value is -2.95. The van der Waals surface area contributed by atoms with Crippen LogP contribution in [0.2, 0.25) is 0 Å². The molecule has 172 valence electrons. The van der Waals surface area contributed by atoms with E-state index in [1.807, 2.05) is 55.5 Å². The van der Waals surface area contributed by atoms with Crippen molar-refractivity contribution in [3.8, 4) is 0 Å². The lowest BCUT2D eigenvalue weighted by atomic mass is 10.2. The number of carbonyl (C=O) groups excluding carboxylic acids is 2. The summed E-state index contributed by atoms with van der Waals surface area (Å²) in [6.07, 6.45) is 0.0926. The Balaban J connectivity index is 1.46. The summed E-state index contributed by atoms with van der Waals surface area (Å²) in [5.41, 5.74) is 3.50. The number of aryl methyl sites for hydroxylation is 1. The standard InChI is InChI=1S/C23H24N4O3S3/c1-3-30-21(29)12-18-13-33-23(26-18)27-20(28)14-32-19-6-4-5-17(11-19)25-22(31)24-16-9-7-15(2)8-10-16/h4-11,13H,3,12,14H2,1-2H3,(H2,24,25,31)(H,26,27,28). The number of anilines is 3. The fraction of sp³-hybridized carbons (Fsp3) is 0.217. The Labute approximate surface area is 206 Å². The number of rotatable bonds is 9. The summed E-state index contributed by atoms with van der Waals surface area (Å²) in [5.74, 6) is -0.285. The molecule has 3 aromatic rings. The summed E-state index contributed by atoms with van der Waals surface area (Å²) in [5, 5.41) is 11.8. The lowest BCUT2D eigenvalue weighted by Gasteiger charge is -2.11. The van der Waals surface area contributed by atoms with Gasteiger partial charge in [-0.25, -0.2) is 4.98 Å². The van der Waals surface area contributed by atoms with Gasteiger partial charge in [0.2, 0.25) is 5.91 Å². The van der Waals surface area contributed by atoms with Crippen molar-refractivity contribution in [1.82, 2.24) is 4.98 Å². The molecule has 0 atom stereocenters. The van der Waals surface area contributed by atoms with E-state index in [9.17, 15) is 9.59 Å². The van der Waals surface area contributed by atoms with Gasteiger partial charge in [0, 0.05) is 21.7 Å². The van der Waals surface area contributed by atoms with E-state index in [2.05, 4.69) is 20.9 Å². The fourth-order valence-electron chi connectivity index (χ4n) is 2.70. The van der Waals surface area contributed by atoms with Gasteiger partial charge in [0.15, 0.2) is 10.2 Å². The molecule has 0 aliphatic heterocycles. The summed E-state index contributed by atoms with van der Waals surface area (Å²) in [7, 11) is 0. The summed E-state index contributed by atoms with van der Waals surface area (Å²) < 4.78 is 4.91. The van der Waals surface area contributed by atoms with Gasteiger partial charge in [0.1, 0.15) is 0 Å². The topological polar surface area (TPSA) is 92.3 Å². The SMILES string of the molecule is CCOC(=O)Cc1csc(NC(=O)CSc2cccc(NC(=S)Nc3ccc(C)cc3)c2)n1. The van der Waals surface area contributed by atoms with Crippen LogP contribution in [-0.4, -0.2) is 34.3 Å². The van der Waals surface area contributed by atoms with Crippen LogP contribution in [0, 0.1) is 6.92 Å². The highest BCUT2D eigenvalue weighted by molar-refractivity contribution is 8.00. The maximum Gasteiger partial charge on any atom is 0.311 e. The molecule has 0 unspecified atom stereocenters. The summed E-state index contributed by atoms with van der Waals surface area (Å²) in [6, 6.07) is 15.6. The van der Waals surface area contributed by atoms with E-state index < -0.39 is 0 Å². The number of hydrogen-bond donors (Lipinski definition) is 3. The molecule has 0 aliphatic rings. The van der Waals surface area contributed by atoms with Crippen molar-refractivity contribution in [2.24, 2.45) is 0 Å². The Morgan fingerprint density at radius 2 is 1.85 bits per heavy atom. The molecule has 0 spiro atoms. The number of thiazole rings is 1. The lowest BCUT2D eigenvalue weighted by Crippen LogP contribution is -2.19. The summed E-state index contributed by atoms with van der Waals surface area (Å²) >= 11 is 8.07. The van der Waals surface area contributed by atoms with E-state index >= 15 is 0 Å². The average Bonchev–Trinajstić information content (AvgIpc) is 3.20. The third-order valence-corrected chi connectivity index (χ3v) is 6.20. The third-order valence-electron chi connectivity index (χ3n) is 4.20. The number of hydrogen-bond acceptors (Lipinski definition) is 7. The molecule has 1 aromatic heterocycles. The van der Waals surface area contributed by atoms with Gasteiger partial charge in [-0.15, -0.1) is 23.1 Å². The number of benzene rings is 2. The van der Waals surface area contributed by atoms with Gasteiger partial charge in [-0.2, -0.15) is 0 Å². The first kappa shape index (κ1) is 24.7. The number of thiocarbonyl (C=S) groups is 1. The number of nitrogens with one attached hydrogen (secondary N) is 3. The van der Waals surface area contributed by atoms with E-state index in [0.29, 0.717) is 22.5 Å². The Bertz CT molecular complexity index is 1120. The molecule has 0 saturated carbocycles. The highest BCUT2D eigenvalue weighted by Crippen LogP contribution is 2.23. The van der Waals surface area contributed by atoms with Crippen molar-refractivity contribution < 1.29 is 14.3 Å². The Morgan fingerprint density at radius 1 is 1.09 bits per heavy atom. The van der Waals surface area contributed by atoms with Gasteiger partial charge < -0.3 is 20.7 Å². The molecule has 3 rings (SSSR count). The molecule has 0 bridgehead atoms. The van der Waals surface area contributed by atoms with Crippen molar-refractivity contribution in [1.29, 1.82) is 0 Å². The minimum Gasteiger partial charge on any atom is -0.466 e. The van der Waals surface area contributed by atoms with E-state index in [1.54, 1.807) is 12.3 Å². The van der Waals surface area contributed by atoms with Crippen molar-refractivity contribution in [3.05, 3.63) is 65.2 Å². The van der Waals surface area contributed by atoms with Crippen molar-refractivity contribution in [2.75, 3.05) is 28.3 Å². The quantitative estimate of drug-likeness (QED) is 0.212. The summed E-state index contributed by atoms with van der Waals surface area (Å²) in [6.45, 7) is 4.12. The monoisotopic (exact) mass is 500 g/mol. The maximum absolute atomic E-state index is 12.3. The van der Waals surface area contributed by atoms with Crippen LogP contribution in [0.5, 0.6) is 0 Å². The molecule has 0 aliphatic carbocycles. The maximum atomic E-state index is 12.3. The van der Waals surface area contributed by atoms with Crippen LogP contribution in [0.1, 0.15) is 18.2 Å². The highest BCUT2D eigenvalue weighted by atomic mass is 32.2. The predicted octanol–water partition coefficient (Wildman–Crippen LogP) is 5.10. The first-order valence-corrected chi connectivity index (χ1v) is 12.5. The molecule has 0 fully saturated rings. The zero-order valence-corrected chi connectivity index (χ0v) is 20.7. The highest BCUT2D eigenvalue weighted by Gasteiger charge is 2.11. The molecular weight excluding hydrogens is 476 g/mol. The second-order valence-electron chi connectivity index (χ2n) is 6.94. The van der Waals surface area contributed by atoms with Gasteiger partial charge in [0.25, 0.3) is 0 Å². The van der Waals surface area contributed by atoms with Crippen molar-refractivity contribution >= 4 is 68.8 Å². The Kier molecular flexibility index (Phi) is 9.23. The smallest absolute Gasteiger partial charge is 0.311 e. The van der Waals surface area contributed by atoms with Gasteiger partial charge in [0.05, 0.1) is 24.5 Å². The zero-order valence-electron chi connectivity index (χ0n) is 18.2. The van der Waals surface area contributed by atoms with Crippen LogP contribution in [0.3, 0.4) is 0 Å². The van der Waals surface area contributed by atoms with E-state index in [1.165, 1.54) is 28.7 Å². The number of aromatic nitrogens is 1. The molecule has 1 heterocycles. The van der Waals surface area contributed by atoms with Gasteiger partial charge >= 0.3 is 5.97 Å². The average molecular weight is 501 g/mol. The number of esters is 1. The molecule has 7 nitrogen and oxygen atoms in total. The predicted molar refractivity (Wildman–Crippen MR) is 139 cm³/mol. The number of ether oxygens (including phenoxy) is 1. The molecule has 0 radical (unpaired) electrons. The number of thioether (sulfide) groups is 1. The first-order valence-electron chi connectivity index (χ1n) is 10.2. The third kappa shape index (κ3) is 8.49.